The lowest BCUT2D eigenvalue weighted by Crippen LogP contribution is -2.38. The lowest BCUT2D eigenvalue weighted by molar-refractivity contribution is -0.119. The number of phenols is 1. The smallest absolute Gasteiger partial charge is 0.248 e. The van der Waals surface area contributed by atoms with Crippen LogP contribution in [0, 0.1) is 13.8 Å². The quantitative estimate of drug-likeness (QED) is 0.926. The molecule has 0 bridgehead atoms. The Morgan fingerprint density at radius 1 is 1.41 bits per heavy atom. The highest BCUT2D eigenvalue weighted by Gasteiger charge is 2.26. The summed E-state index contributed by atoms with van der Waals surface area (Å²) in [6.45, 7) is 4.39. The molecule has 0 unspecified atom stereocenters. The van der Waals surface area contributed by atoms with Crippen molar-refractivity contribution in [2.45, 2.75) is 33.2 Å². The maximum atomic E-state index is 12.7. The van der Waals surface area contributed by atoms with Crippen molar-refractivity contribution in [3.05, 3.63) is 40.2 Å². The van der Waals surface area contributed by atoms with Crippen LogP contribution in [-0.2, 0) is 17.8 Å². The fraction of sp³-hybridized carbons (Fsp3) is 0.375. The summed E-state index contributed by atoms with van der Waals surface area (Å²) >= 11 is 6.13. The summed E-state index contributed by atoms with van der Waals surface area (Å²) in [5, 5.41) is 15.0. The molecule has 0 saturated heterocycles. The van der Waals surface area contributed by atoms with Crippen molar-refractivity contribution in [3.8, 4) is 5.75 Å². The van der Waals surface area contributed by atoms with E-state index in [0.29, 0.717) is 22.9 Å². The van der Waals surface area contributed by atoms with Gasteiger partial charge in [0.1, 0.15) is 12.3 Å². The molecule has 1 aliphatic rings. The number of aromatic nitrogens is 2. The number of carbonyl (C=O) groups excluding carboxylic acids is 1. The molecule has 116 valence electrons. The highest BCUT2D eigenvalue weighted by Crippen LogP contribution is 2.35. The minimum atomic E-state index is -0.0929. The van der Waals surface area contributed by atoms with E-state index in [1.807, 2.05) is 26.0 Å². The lowest BCUT2D eigenvalue weighted by atomic mass is 10.0. The van der Waals surface area contributed by atoms with Crippen molar-refractivity contribution in [1.29, 1.82) is 0 Å². The fourth-order valence-corrected chi connectivity index (χ4v) is 3.06. The van der Waals surface area contributed by atoms with E-state index in [1.165, 1.54) is 0 Å². The van der Waals surface area contributed by atoms with E-state index in [-0.39, 0.29) is 18.2 Å². The molecule has 1 N–H and O–H groups in total. The van der Waals surface area contributed by atoms with Gasteiger partial charge in [-0.1, -0.05) is 23.7 Å². The first kappa shape index (κ1) is 14.9. The maximum absolute atomic E-state index is 12.7. The van der Waals surface area contributed by atoms with Crippen molar-refractivity contribution in [1.82, 2.24) is 9.78 Å². The second-order valence-corrected chi connectivity index (χ2v) is 5.95. The predicted octanol–water partition coefficient (Wildman–Crippen LogP) is 2.84. The number of carbonyl (C=O) groups is 1. The molecule has 1 aliphatic heterocycles. The van der Waals surface area contributed by atoms with Crippen molar-refractivity contribution < 1.29 is 9.90 Å². The summed E-state index contributed by atoms with van der Waals surface area (Å²) in [6, 6.07) is 5.38. The van der Waals surface area contributed by atoms with Crippen LogP contribution in [0.25, 0.3) is 0 Å². The van der Waals surface area contributed by atoms with Crippen LogP contribution < -0.4 is 4.90 Å². The fourth-order valence-electron chi connectivity index (χ4n) is 2.92. The summed E-state index contributed by atoms with van der Waals surface area (Å²) < 4.78 is 1.62. The zero-order valence-electron chi connectivity index (χ0n) is 12.6. The molecule has 2 aromatic rings. The number of aromatic hydroxyl groups is 1. The van der Waals surface area contributed by atoms with Gasteiger partial charge >= 0.3 is 0 Å². The number of amides is 1. The number of hydrogen-bond acceptors (Lipinski definition) is 3. The van der Waals surface area contributed by atoms with E-state index in [2.05, 4.69) is 5.10 Å². The number of nitrogens with zero attached hydrogens (tertiary/aromatic N) is 3. The minimum absolute atomic E-state index is 0.0929. The molecule has 0 radical (unpaired) electrons. The van der Waals surface area contributed by atoms with Crippen LogP contribution in [0.15, 0.2) is 18.2 Å². The summed E-state index contributed by atoms with van der Waals surface area (Å²) in [5.74, 6) is 0.0571. The van der Waals surface area contributed by atoms with E-state index in [4.69, 9.17) is 11.6 Å². The zero-order chi connectivity index (χ0) is 15.9. The molecule has 0 spiro atoms. The van der Waals surface area contributed by atoms with Gasteiger partial charge in [0.25, 0.3) is 0 Å². The van der Waals surface area contributed by atoms with E-state index in [1.54, 1.807) is 15.6 Å². The van der Waals surface area contributed by atoms with Crippen LogP contribution >= 0.6 is 11.6 Å². The second-order valence-electron chi connectivity index (χ2n) is 5.58. The molecular weight excluding hydrogens is 302 g/mol. The topological polar surface area (TPSA) is 58.4 Å². The molecule has 22 heavy (non-hydrogen) atoms. The van der Waals surface area contributed by atoms with Crippen molar-refractivity contribution >= 4 is 23.2 Å². The molecule has 6 heteroatoms. The van der Waals surface area contributed by atoms with Crippen LogP contribution in [0.5, 0.6) is 5.75 Å². The normalized spacial score (nSPS) is 14.0. The third-order valence-corrected chi connectivity index (χ3v) is 4.62. The number of benzene rings is 1. The highest BCUT2D eigenvalue weighted by atomic mass is 35.5. The van der Waals surface area contributed by atoms with Gasteiger partial charge in [-0.05, 0) is 38.3 Å². The number of rotatable bonds is 2. The number of hydrogen-bond donors (Lipinski definition) is 1. The number of fused-ring (bicyclic) bond motifs is 1. The Balaban J connectivity index is 1.90. The maximum Gasteiger partial charge on any atom is 0.248 e. The van der Waals surface area contributed by atoms with Gasteiger partial charge in [-0.15, -0.1) is 0 Å². The standard InChI is InChI=1S/C16H18ClN3O2/c1-10-15(17)11(2)20(18-10)9-14(22)19-8-4-6-12-5-3-7-13(21)16(12)19/h3,5,7,21H,4,6,8-9H2,1-2H3. The van der Waals surface area contributed by atoms with Crippen molar-refractivity contribution in [2.75, 3.05) is 11.4 Å². The average Bonchev–Trinajstić information content (AvgIpc) is 2.74. The first-order chi connectivity index (χ1) is 10.5. The Hall–Kier alpha value is -2.01. The van der Waals surface area contributed by atoms with Gasteiger partial charge < -0.3 is 10.0 Å². The summed E-state index contributed by atoms with van der Waals surface area (Å²) in [5.41, 5.74) is 3.13. The number of phenolic OH excluding ortho intramolecular Hbond substituents is 1. The molecular formula is C16H18ClN3O2. The molecule has 2 heterocycles. The Labute approximate surface area is 134 Å². The van der Waals surface area contributed by atoms with Gasteiger partial charge in [0.2, 0.25) is 5.91 Å². The molecule has 1 aromatic heterocycles. The summed E-state index contributed by atoms with van der Waals surface area (Å²) in [7, 11) is 0. The number of para-hydroxylation sites is 1. The van der Waals surface area contributed by atoms with Gasteiger partial charge in [-0.25, -0.2) is 0 Å². The van der Waals surface area contributed by atoms with Crippen LogP contribution in [0.1, 0.15) is 23.4 Å². The van der Waals surface area contributed by atoms with Gasteiger partial charge in [0.05, 0.1) is 22.1 Å². The van der Waals surface area contributed by atoms with E-state index in [9.17, 15) is 9.90 Å². The van der Waals surface area contributed by atoms with Crippen molar-refractivity contribution in [3.63, 3.8) is 0 Å². The second kappa shape index (κ2) is 5.65. The van der Waals surface area contributed by atoms with Gasteiger partial charge in [0, 0.05) is 6.54 Å². The average molecular weight is 320 g/mol. The molecule has 5 nitrogen and oxygen atoms in total. The third kappa shape index (κ3) is 2.46. The minimum Gasteiger partial charge on any atom is -0.506 e. The lowest BCUT2D eigenvalue weighted by Gasteiger charge is -2.30. The van der Waals surface area contributed by atoms with E-state index >= 15 is 0 Å². The van der Waals surface area contributed by atoms with Gasteiger partial charge in [-0.3, -0.25) is 9.48 Å². The first-order valence-electron chi connectivity index (χ1n) is 7.29. The Morgan fingerprint density at radius 2 is 2.18 bits per heavy atom. The van der Waals surface area contributed by atoms with E-state index in [0.717, 1.165) is 24.1 Å². The van der Waals surface area contributed by atoms with Gasteiger partial charge in [0.15, 0.2) is 0 Å². The largest absolute Gasteiger partial charge is 0.506 e. The molecule has 1 amide bonds. The van der Waals surface area contributed by atoms with Crippen LogP contribution in [0.3, 0.4) is 0 Å². The first-order valence-corrected chi connectivity index (χ1v) is 7.67. The third-order valence-electron chi connectivity index (χ3n) is 4.08. The summed E-state index contributed by atoms with van der Waals surface area (Å²) in [4.78, 5) is 14.3. The Kier molecular flexibility index (Phi) is 3.83. The summed E-state index contributed by atoms with van der Waals surface area (Å²) in [6.07, 6.45) is 1.76. The number of aryl methyl sites for hydroxylation is 2. The molecule has 1 aromatic carbocycles. The Bertz CT molecular complexity index is 739. The van der Waals surface area contributed by atoms with Crippen LogP contribution in [-0.4, -0.2) is 27.3 Å². The molecule has 0 aliphatic carbocycles. The number of anilines is 1. The molecule has 0 fully saturated rings. The predicted molar refractivity (Wildman–Crippen MR) is 85.5 cm³/mol. The monoisotopic (exact) mass is 319 g/mol. The molecule has 0 saturated carbocycles. The number of halogens is 1. The highest BCUT2D eigenvalue weighted by molar-refractivity contribution is 6.31. The molecule has 0 atom stereocenters. The van der Waals surface area contributed by atoms with Crippen molar-refractivity contribution in [2.24, 2.45) is 0 Å². The SMILES string of the molecule is Cc1nn(CC(=O)N2CCCc3cccc(O)c32)c(C)c1Cl. The molecule has 3 rings (SSSR count). The Morgan fingerprint density at radius 3 is 2.86 bits per heavy atom. The van der Waals surface area contributed by atoms with E-state index < -0.39 is 0 Å². The van der Waals surface area contributed by atoms with Gasteiger partial charge in [-0.2, -0.15) is 5.10 Å². The van der Waals surface area contributed by atoms with Crippen LogP contribution in [0.2, 0.25) is 5.02 Å². The van der Waals surface area contributed by atoms with Crippen LogP contribution in [0.4, 0.5) is 5.69 Å². The zero-order valence-corrected chi connectivity index (χ0v) is 13.4.